The molecule has 0 saturated carbocycles. The number of fused-ring (bicyclic) bond motifs is 1. The normalized spacial score (nSPS) is 15.6. The summed E-state index contributed by atoms with van der Waals surface area (Å²) in [6, 6.07) is 7.42. The van der Waals surface area contributed by atoms with Crippen molar-refractivity contribution >= 4 is 17.3 Å². The van der Waals surface area contributed by atoms with Crippen molar-refractivity contribution in [3.63, 3.8) is 0 Å². The summed E-state index contributed by atoms with van der Waals surface area (Å²) in [6.45, 7) is 4.09. The fourth-order valence-corrected chi connectivity index (χ4v) is 2.50. The number of pyridine rings is 1. The summed E-state index contributed by atoms with van der Waals surface area (Å²) in [4.78, 5) is 4.10. The van der Waals surface area contributed by atoms with E-state index in [2.05, 4.69) is 4.98 Å². The SMILES string of the molecule is CC1(C)Cc2cccc(Oc3ncc(N)cc3Cl)c2O1. The molecule has 0 unspecified atom stereocenters. The maximum absolute atomic E-state index is 6.08. The van der Waals surface area contributed by atoms with Gasteiger partial charge in [-0.15, -0.1) is 0 Å². The minimum atomic E-state index is -0.222. The summed E-state index contributed by atoms with van der Waals surface area (Å²) < 4.78 is 11.7. The summed E-state index contributed by atoms with van der Waals surface area (Å²) in [5.41, 5.74) is 7.02. The average Bonchev–Trinajstić information content (AvgIpc) is 2.67. The number of rotatable bonds is 2. The number of nitrogen functional groups attached to an aromatic ring is 1. The Bertz CT molecular complexity index is 671. The molecular formula is C15H15ClN2O2. The molecule has 0 aliphatic carbocycles. The molecule has 0 amide bonds. The Morgan fingerprint density at radius 1 is 1.40 bits per heavy atom. The van der Waals surface area contributed by atoms with Crippen LogP contribution in [0.4, 0.5) is 5.69 Å². The molecule has 2 heterocycles. The molecule has 5 heteroatoms. The van der Waals surface area contributed by atoms with Crippen LogP contribution in [0.1, 0.15) is 19.4 Å². The predicted octanol–water partition coefficient (Wildman–Crippen LogP) is 3.82. The van der Waals surface area contributed by atoms with Gasteiger partial charge in [-0.1, -0.05) is 23.7 Å². The van der Waals surface area contributed by atoms with Crippen LogP contribution in [0, 0.1) is 0 Å². The van der Waals surface area contributed by atoms with Crippen molar-refractivity contribution in [3.8, 4) is 17.4 Å². The molecule has 3 rings (SSSR count). The predicted molar refractivity (Wildman–Crippen MR) is 78.6 cm³/mol. The third-order valence-corrected chi connectivity index (χ3v) is 3.36. The quantitative estimate of drug-likeness (QED) is 0.913. The first-order valence-electron chi connectivity index (χ1n) is 6.34. The highest BCUT2D eigenvalue weighted by atomic mass is 35.5. The van der Waals surface area contributed by atoms with Crippen molar-refractivity contribution in [2.24, 2.45) is 0 Å². The number of ether oxygens (including phenoxy) is 2. The fraction of sp³-hybridized carbons (Fsp3) is 0.267. The number of hydrogen-bond donors (Lipinski definition) is 1. The Kier molecular flexibility index (Phi) is 2.98. The van der Waals surface area contributed by atoms with Crippen molar-refractivity contribution < 1.29 is 9.47 Å². The maximum atomic E-state index is 6.08. The van der Waals surface area contributed by atoms with Crippen molar-refractivity contribution in [2.45, 2.75) is 25.9 Å². The summed E-state index contributed by atoms with van der Waals surface area (Å²) in [6.07, 6.45) is 2.36. The van der Waals surface area contributed by atoms with Crippen LogP contribution in [-0.2, 0) is 6.42 Å². The largest absolute Gasteiger partial charge is 0.483 e. The van der Waals surface area contributed by atoms with Crippen molar-refractivity contribution in [1.82, 2.24) is 4.98 Å². The van der Waals surface area contributed by atoms with E-state index in [1.54, 1.807) is 6.07 Å². The van der Waals surface area contributed by atoms with Crippen LogP contribution in [0.15, 0.2) is 30.5 Å². The van der Waals surface area contributed by atoms with Crippen LogP contribution in [-0.4, -0.2) is 10.6 Å². The molecule has 0 atom stereocenters. The second kappa shape index (κ2) is 4.56. The molecule has 1 aliphatic heterocycles. The minimum Gasteiger partial charge on any atom is -0.483 e. The Balaban J connectivity index is 1.95. The third-order valence-electron chi connectivity index (χ3n) is 3.09. The molecule has 0 bridgehead atoms. The van der Waals surface area contributed by atoms with E-state index in [1.807, 2.05) is 32.0 Å². The van der Waals surface area contributed by atoms with E-state index in [1.165, 1.54) is 6.20 Å². The second-order valence-electron chi connectivity index (χ2n) is 5.44. The Morgan fingerprint density at radius 2 is 2.20 bits per heavy atom. The number of benzene rings is 1. The fourth-order valence-electron chi connectivity index (χ4n) is 2.29. The number of halogens is 1. The van der Waals surface area contributed by atoms with Crippen LogP contribution in [0.5, 0.6) is 17.4 Å². The zero-order valence-electron chi connectivity index (χ0n) is 11.3. The van der Waals surface area contributed by atoms with E-state index in [9.17, 15) is 0 Å². The minimum absolute atomic E-state index is 0.222. The molecule has 20 heavy (non-hydrogen) atoms. The third kappa shape index (κ3) is 2.39. The number of hydrogen-bond acceptors (Lipinski definition) is 4. The lowest BCUT2D eigenvalue weighted by atomic mass is 10.0. The Morgan fingerprint density at radius 3 is 2.95 bits per heavy atom. The first-order chi connectivity index (χ1) is 9.44. The van der Waals surface area contributed by atoms with Crippen molar-refractivity contribution in [1.29, 1.82) is 0 Å². The monoisotopic (exact) mass is 290 g/mol. The summed E-state index contributed by atoms with van der Waals surface area (Å²) in [5.74, 6) is 1.70. The zero-order chi connectivity index (χ0) is 14.3. The van der Waals surface area contributed by atoms with Gasteiger partial charge >= 0.3 is 0 Å². The van der Waals surface area contributed by atoms with E-state index in [-0.39, 0.29) is 5.60 Å². The molecule has 2 aromatic rings. The van der Waals surface area contributed by atoms with Crippen LogP contribution < -0.4 is 15.2 Å². The standard InChI is InChI=1S/C15H15ClN2O2/c1-15(2)7-9-4-3-5-12(13(9)20-15)19-14-11(16)6-10(17)8-18-14/h3-6,8H,7,17H2,1-2H3. The molecule has 2 N–H and O–H groups in total. The van der Waals surface area contributed by atoms with Crippen molar-refractivity contribution in [3.05, 3.63) is 41.0 Å². The van der Waals surface area contributed by atoms with Gasteiger partial charge in [-0.2, -0.15) is 0 Å². The highest BCUT2D eigenvalue weighted by Crippen LogP contribution is 2.43. The number of aromatic nitrogens is 1. The van der Waals surface area contributed by atoms with Gasteiger partial charge in [-0.25, -0.2) is 4.98 Å². The average molecular weight is 291 g/mol. The Hall–Kier alpha value is -1.94. The van der Waals surface area contributed by atoms with E-state index in [0.29, 0.717) is 22.3 Å². The first-order valence-corrected chi connectivity index (χ1v) is 6.72. The van der Waals surface area contributed by atoms with Gasteiger partial charge < -0.3 is 15.2 Å². The molecular weight excluding hydrogens is 276 g/mol. The Labute approximate surface area is 122 Å². The van der Waals surface area contributed by atoms with Gasteiger partial charge in [0.15, 0.2) is 11.5 Å². The van der Waals surface area contributed by atoms with Gasteiger partial charge in [0.1, 0.15) is 10.6 Å². The van der Waals surface area contributed by atoms with E-state index < -0.39 is 0 Å². The molecule has 104 valence electrons. The van der Waals surface area contributed by atoms with Crippen LogP contribution >= 0.6 is 11.6 Å². The summed E-state index contributed by atoms with van der Waals surface area (Å²) in [7, 11) is 0. The van der Waals surface area contributed by atoms with Gasteiger partial charge in [0, 0.05) is 12.0 Å². The number of anilines is 1. The smallest absolute Gasteiger partial charge is 0.238 e. The van der Waals surface area contributed by atoms with Gasteiger partial charge in [0.2, 0.25) is 5.88 Å². The zero-order valence-corrected chi connectivity index (χ0v) is 12.1. The molecule has 4 nitrogen and oxygen atoms in total. The molecule has 1 aliphatic rings. The number of para-hydroxylation sites is 1. The molecule has 0 radical (unpaired) electrons. The summed E-state index contributed by atoms with van der Waals surface area (Å²) >= 11 is 6.08. The van der Waals surface area contributed by atoms with E-state index in [4.69, 9.17) is 26.8 Å². The first kappa shape index (κ1) is 13.1. The van der Waals surface area contributed by atoms with Gasteiger partial charge in [0.25, 0.3) is 0 Å². The van der Waals surface area contributed by atoms with Crippen molar-refractivity contribution in [2.75, 3.05) is 5.73 Å². The van der Waals surface area contributed by atoms with Gasteiger partial charge in [0.05, 0.1) is 11.9 Å². The molecule has 1 aromatic carbocycles. The highest BCUT2D eigenvalue weighted by molar-refractivity contribution is 6.32. The molecule has 0 fully saturated rings. The van der Waals surface area contributed by atoms with Crippen LogP contribution in [0.2, 0.25) is 5.02 Å². The number of nitrogens with zero attached hydrogens (tertiary/aromatic N) is 1. The lowest BCUT2D eigenvalue weighted by molar-refractivity contribution is 0.135. The van der Waals surface area contributed by atoms with Crippen LogP contribution in [0.25, 0.3) is 0 Å². The van der Waals surface area contributed by atoms with Crippen LogP contribution in [0.3, 0.4) is 0 Å². The molecule has 1 aromatic heterocycles. The highest BCUT2D eigenvalue weighted by Gasteiger charge is 2.32. The summed E-state index contributed by atoms with van der Waals surface area (Å²) in [5, 5.41) is 0.375. The van der Waals surface area contributed by atoms with E-state index in [0.717, 1.165) is 17.7 Å². The topological polar surface area (TPSA) is 57.4 Å². The van der Waals surface area contributed by atoms with E-state index >= 15 is 0 Å². The molecule has 0 spiro atoms. The maximum Gasteiger partial charge on any atom is 0.238 e. The molecule has 0 saturated heterocycles. The lowest BCUT2D eigenvalue weighted by Crippen LogP contribution is -2.24. The van der Waals surface area contributed by atoms with Gasteiger partial charge in [-0.05, 0) is 26.0 Å². The second-order valence-corrected chi connectivity index (χ2v) is 5.85. The lowest BCUT2D eigenvalue weighted by Gasteiger charge is -2.18. The number of nitrogens with two attached hydrogens (primary N) is 1. The van der Waals surface area contributed by atoms with Gasteiger partial charge in [-0.3, -0.25) is 0 Å².